The molecule has 0 aliphatic carbocycles. The topological polar surface area (TPSA) is 66.5 Å². The van der Waals surface area contributed by atoms with E-state index in [9.17, 15) is 22.0 Å². The number of halogens is 2. The summed E-state index contributed by atoms with van der Waals surface area (Å²) in [5.41, 5.74) is -0.258. The van der Waals surface area contributed by atoms with Gasteiger partial charge in [0.2, 0.25) is 5.91 Å². The van der Waals surface area contributed by atoms with Crippen molar-refractivity contribution in [3.63, 3.8) is 0 Å². The second-order valence-electron chi connectivity index (χ2n) is 5.51. The van der Waals surface area contributed by atoms with Crippen molar-refractivity contribution in [1.82, 2.24) is 4.90 Å². The van der Waals surface area contributed by atoms with Crippen LogP contribution in [0.25, 0.3) is 0 Å². The predicted octanol–water partition coefficient (Wildman–Crippen LogP) is 1.80. The number of rotatable bonds is 6. The van der Waals surface area contributed by atoms with Gasteiger partial charge in [-0.1, -0.05) is 6.07 Å². The van der Waals surface area contributed by atoms with Crippen molar-refractivity contribution in [2.45, 2.75) is 25.8 Å². The Balaban J connectivity index is 1.91. The number of carbonyl (C=O) groups is 1. The van der Waals surface area contributed by atoms with Crippen molar-refractivity contribution in [2.75, 3.05) is 29.9 Å². The third kappa shape index (κ3) is 4.40. The van der Waals surface area contributed by atoms with Crippen LogP contribution in [0.2, 0.25) is 0 Å². The molecule has 23 heavy (non-hydrogen) atoms. The summed E-state index contributed by atoms with van der Waals surface area (Å²) in [7, 11) is -3.07. The van der Waals surface area contributed by atoms with E-state index in [1.54, 1.807) is 6.92 Å². The minimum absolute atomic E-state index is 0.0120. The first kappa shape index (κ1) is 17.7. The van der Waals surface area contributed by atoms with E-state index < -0.39 is 21.5 Å². The summed E-state index contributed by atoms with van der Waals surface area (Å²) in [4.78, 5) is 13.8. The van der Waals surface area contributed by atoms with Crippen LogP contribution in [-0.2, 0) is 14.6 Å². The molecule has 0 spiro atoms. The highest BCUT2D eigenvalue weighted by Gasteiger charge is 2.33. The van der Waals surface area contributed by atoms with E-state index in [4.69, 9.17) is 0 Å². The van der Waals surface area contributed by atoms with Gasteiger partial charge in [0, 0.05) is 25.6 Å². The standard InChI is InChI=1S/C15H20F2N2O3S/c1-2-19(11-7-9-23(21,22)10-11)14(20)6-8-18-15-12(16)4-3-5-13(15)17/h3-5,11,18H,2,6-10H2,1H3. The third-order valence-electron chi connectivity index (χ3n) is 3.91. The smallest absolute Gasteiger partial charge is 0.224 e. The molecule has 1 atom stereocenters. The molecule has 0 aromatic heterocycles. The number of para-hydroxylation sites is 1. The highest BCUT2D eigenvalue weighted by atomic mass is 32.2. The van der Waals surface area contributed by atoms with Gasteiger partial charge in [0.15, 0.2) is 9.84 Å². The number of hydrogen-bond donors (Lipinski definition) is 1. The van der Waals surface area contributed by atoms with Crippen molar-refractivity contribution in [2.24, 2.45) is 0 Å². The molecule has 1 N–H and O–H groups in total. The van der Waals surface area contributed by atoms with Crippen LogP contribution in [0.4, 0.5) is 14.5 Å². The van der Waals surface area contributed by atoms with Gasteiger partial charge < -0.3 is 10.2 Å². The van der Waals surface area contributed by atoms with Crippen LogP contribution in [0.5, 0.6) is 0 Å². The summed E-state index contributed by atoms with van der Waals surface area (Å²) in [5.74, 6) is -1.57. The SMILES string of the molecule is CCN(C(=O)CCNc1c(F)cccc1F)C1CCS(=O)(=O)C1. The molecule has 1 aliphatic rings. The van der Waals surface area contributed by atoms with Gasteiger partial charge in [-0.05, 0) is 25.5 Å². The zero-order valence-electron chi connectivity index (χ0n) is 12.9. The molecule has 1 heterocycles. The van der Waals surface area contributed by atoms with Crippen molar-refractivity contribution in [3.8, 4) is 0 Å². The quantitative estimate of drug-likeness (QED) is 0.853. The summed E-state index contributed by atoms with van der Waals surface area (Å²) < 4.78 is 50.0. The fourth-order valence-electron chi connectivity index (χ4n) is 2.76. The van der Waals surface area contributed by atoms with Crippen LogP contribution < -0.4 is 5.32 Å². The number of nitrogens with one attached hydrogen (secondary N) is 1. The summed E-state index contributed by atoms with van der Waals surface area (Å²) in [6.45, 7) is 2.27. The van der Waals surface area contributed by atoms with E-state index in [1.165, 1.54) is 11.0 Å². The molecule has 1 unspecified atom stereocenters. The zero-order chi connectivity index (χ0) is 17.0. The van der Waals surface area contributed by atoms with Crippen LogP contribution in [0.3, 0.4) is 0 Å². The number of sulfone groups is 1. The van der Waals surface area contributed by atoms with Gasteiger partial charge >= 0.3 is 0 Å². The molecule has 1 aromatic rings. The maximum Gasteiger partial charge on any atom is 0.224 e. The van der Waals surface area contributed by atoms with Gasteiger partial charge in [-0.3, -0.25) is 4.79 Å². The van der Waals surface area contributed by atoms with Crippen LogP contribution in [0, 0.1) is 11.6 Å². The normalized spacial score (nSPS) is 19.5. The molecule has 0 saturated carbocycles. The van der Waals surface area contributed by atoms with Crippen molar-refractivity contribution in [1.29, 1.82) is 0 Å². The summed E-state index contributed by atoms with van der Waals surface area (Å²) in [6, 6.07) is 3.23. The Morgan fingerprint density at radius 1 is 1.35 bits per heavy atom. The van der Waals surface area contributed by atoms with Gasteiger partial charge in [0.1, 0.15) is 17.3 Å². The first-order valence-corrected chi connectivity index (χ1v) is 9.34. The zero-order valence-corrected chi connectivity index (χ0v) is 13.7. The van der Waals surface area contributed by atoms with Gasteiger partial charge in [0.05, 0.1) is 11.5 Å². The second-order valence-corrected chi connectivity index (χ2v) is 7.74. The minimum atomic E-state index is -3.07. The van der Waals surface area contributed by atoms with Crippen LogP contribution >= 0.6 is 0 Å². The number of anilines is 1. The molecule has 0 radical (unpaired) electrons. The maximum atomic E-state index is 13.5. The van der Waals surface area contributed by atoms with Gasteiger partial charge in [-0.2, -0.15) is 0 Å². The van der Waals surface area contributed by atoms with Crippen molar-refractivity contribution < 1.29 is 22.0 Å². The molecule has 8 heteroatoms. The Bertz CT molecular complexity index is 659. The molecule has 2 rings (SSSR count). The average molecular weight is 346 g/mol. The number of amides is 1. The Morgan fingerprint density at radius 2 is 2.00 bits per heavy atom. The monoisotopic (exact) mass is 346 g/mol. The molecule has 1 aliphatic heterocycles. The van der Waals surface area contributed by atoms with Crippen LogP contribution in [0.1, 0.15) is 19.8 Å². The van der Waals surface area contributed by atoms with E-state index >= 15 is 0 Å². The molecular formula is C15H20F2N2O3S. The van der Waals surface area contributed by atoms with Gasteiger partial charge in [-0.25, -0.2) is 17.2 Å². The highest BCUT2D eigenvalue weighted by Crippen LogP contribution is 2.20. The average Bonchev–Trinajstić information content (AvgIpc) is 2.83. The molecule has 1 fully saturated rings. The molecule has 5 nitrogen and oxygen atoms in total. The fourth-order valence-corrected chi connectivity index (χ4v) is 4.49. The first-order valence-electron chi connectivity index (χ1n) is 7.52. The lowest BCUT2D eigenvalue weighted by atomic mass is 10.2. The van der Waals surface area contributed by atoms with E-state index in [2.05, 4.69) is 5.32 Å². The van der Waals surface area contributed by atoms with E-state index in [0.29, 0.717) is 13.0 Å². The molecule has 1 amide bonds. The Kier molecular flexibility index (Phi) is 5.56. The number of nitrogens with zero attached hydrogens (tertiary/aromatic N) is 1. The van der Waals surface area contributed by atoms with Gasteiger partial charge in [-0.15, -0.1) is 0 Å². The summed E-state index contributed by atoms with van der Waals surface area (Å²) >= 11 is 0. The lowest BCUT2D eigenvalue weighted by Gasteiger charge is -2.27. The summed E-state index contributed by atoms with van der Waals surface area (Å²) in [6.07, 6.45) is 0.482. The lowest BCUT2D eigenvalue weighted by molar-refractivity contribution is -0.132. The Labute approximate surface area is 134 Å². The van der Waals surface area contributed by atoms with E-state index in [1.807, 2.05) is 0 Å². The van der Waals surface area contributed by atoms with Crippen LogP contribution in [-0.4, -0.2) is 49.9 Å². The second kappa shape index (κ2) is 7.25. The molecule has 1 saturated heterocycles. The van der Waals surface area contributed by atoms with Crippen molar-refractivity contribution in [3.05, 3.63) is 29.8 Å². The molecule has 1 aromatic carbocycles. The van der Waals surface area contributed by atoms with Crippen LogP contribution in [0.15, 0.2) is 18.2 Å². The number of benzene rings is 1. The molecule has 0 bridgehead atoms. The number of hydrogen-bond acceptors (Lipinski definition) is 4. The fraction of sp³-hybridized carbons (Fsp3) is 0.533. The van der Waals surface area contributed by atoms with Crippen molar-refractivity contribution >= 4 is 21.4 Å². The minimum Gasteiger partial charge on any atom is -0.380 e. The number of carbonyl (C=O) groups excluding carboxylic acids is 1. The Hall–Kier alpha value is -1.70. The molecular weight excluding hydrogens is 326 g/mol. The predicted molar refractivity (Wildman–Crippen MR) is 83.9 cm³/mol. The maximum absolute atomic E-state index is 13.5. The third-order valence-corrected chi connectivity index (χ3v) is 5.66. The highest BCUT2D eigenvalue weighted by molar-refractivity contribution is 7.91. The Morgan fingerprint density at radius 3 is 2.52 bits per heavy atom. The first-order chi connectivity index (χ1) is 10.8. The van der Waals surface area contributed by atoms with E-state index in [0.717, 1.165) is 12.1 Å². The van der Waals surface area contributed by atoms with E-state index in [-0.39, 0.29) is 42.1 Å². The lowest BCUT2D eigenvalue weighted by Crippen LogP contribution is -2.41. The van der Waals surface area contributed by atoms with Gasteiger partial charge in [0.25, 0.3) is 0 Å². The molecule has 128 valence electrons. The summed E-state index contributed by atoms with van der Waals surface area (Å²) in [5, 5.41) is 2.58. The largest absolute Gasteiger partial charge is 0.380 e.